The zero-order chi connectivity index (χ0) is 14.0. The van der Waals surface area contributed by atoms with Gasteiger partial charge in [-0.15, -0.1) is 13.2 Å². The molecule has 1 heterocycles. The molecule has 0 aliphatic carbocycles. The Morgan fingerprint density at radius 1 is 1.32 bits per heavy atom. The number of benzene rings is 1. The molecule has 19 heavy (non-hydrogen) atoms. The van der Waals surface area contributed by atoms with Crippen molar-refractivity contribution in [2.75, 3.05) is 0 Å². The van der Waals surface area contributed by atoms with Crippen molar-refractivity contribution in [1.29, 1.82) is 0 Å². The SMILES string of the molecule is O=C(O)c1cn(-c2ccccc2OC(F)(F)F)cn1. The Hall–Kier alpha value is -2.51. The number of para-hydroxylation sites is 2. The van der Waals surface area contributed by atoms with E-state index in [1.54, 1.807) is 0 Å². The molecular formula is C11H7F3N2O3. The summed E-state index contributed by atoms with van der Waals surface area (Å²) in [6, 6.07) is 5.36. The van der Waals surface area contributed by atoms with Gasteiger partial charge >= 0.3 is 12.3 Å². The van der Waals surface area contributed by atoms with Gasteiger partial charge in [-0.1, -0.05) is 12.1 Å². The molecule has 0 saturated carbocycles. The number of imidazole rings is 1. The number of carboxylic acid groups (broad SMARTS) is 1. The molecular weight excluding hydrogens is 265 g/mol. The van der Waals surface area contributed by atoms with Gasteiger partial charge in [0.2, 0.25) is 0 Å². The number of aromatic carboxylic acids is 1. The molecule has 1 aromatic carbocycles. The summed E-state index contributed by atoms with van der Waals surface area (Å²) < 4.78 is 41.7. The molecule has 0 aliphatic heterocycles. The number of ether oxygens (including phenoxy) is 1. The van der Waals surface area contributed by atoms with Crippen LogP contribution in [0.3, 0.4) is 0 Å². The van der Waals surface area contributed by atoms with E-state index in [0.717, 1.165) is 23.2 Å². The lowest BCUT2D eigenvalue weighted by Gasteiger charge is -2.13. The summed E-state index contributed by atoms with van der Waals surface area (Å²) in [6.07, 6.45) is -2.63. The van der Waals surface area contributed by atoms with Crippen LogP contribution >= 0.6 is 0 Å². The van der Waals surface area contributed by atoms with Crippen molar-refractivity contribution in [3.05, 3.63) is 42.5 Å². The van der Waals surface area contributed by atoms with Crippen LogP contribution in [-0.4, -0.2) is 27.0 Å². The fourth-order valence-corrected chi connectivity index (χ4v) is 1.45. The van der Waals surface area contributed by atoms with E-state index in [2.05, 4.69) is 9.72 Å². The number of alkyl halides is 3. The summed E-state index contributed by atoms with van der Waals surface area (Å²) in [5.41, 5.74) is -0.235. The van der Waals surface area contributed by atoms with Gasteiger partial charge in [-0.3, -0.25) is 0 Å². The minimum atomic E-state index is -4.83. The van der Waals surface area contributed by atoms with Crippen molar-refractivity contribution in [3.63, 3.8) is 0 Å². The number of carbonyl (C=O) groups is 1. The molecule has 0 saturated heterocycles. The Kier molecular flexibility index (Phi) is 3.16. The molecule has 0 aliphatic rings. The fourth-order valence-electron chi connectivity index (χ4n) is 1.45. The van der Waals surface area contributed by atoms with Crippen molar-refractivity contribution in [2.24, 2.45) is 0 Å². The Bertz CT molecular complexity index is 607. The van der Waals surface area contributed by atoms with Crippen molar-refractivity contribution in [2.45, 2.75) is 6.36 Å². The van der Waals surface area contributed by atoms with Crippen LogP contribution in [0, 0.1) is 0 Å². The maximum Gasteiger partial charge on any atom is 0.573 e. The molecule has 1 N–H and O–H groups in total. The van der Waals surface area contributed by atoms with Crippen LogP contribution in [0.15, 0.2) is 36.8 Å². The van der Waals surface area contributed by atoms with Crippen LogP contribution in [-0.2, 0) is 0 Å². The van der Waals surface area contributed by atoms with Gasteiger partial charge in [-0.25, -0.2) is 9.78 Å². The smallest absolute Gasteiger partial charge is 0.476 e. The average Bonchev–Trinajstić information content (AvgIpc) is 2.76. The summed E-state index contributed by atoms with van der Waals surface area (Å²) in [6.45, 7) is 0. The van der Waals surface area contributed by atoms with Gasteiger partial charge in [-0.05, 0) is 12.1 Å². The molecule has 0 radical (unpaired) electrons. The second kappa shape index (κ2) is 4.63. The standard InChI is InChI=1S/C11H7F3N2O3/c12-11(13,14)19-9-4-2-1-3-8(9)16-5-7(10(17)18)15-6-16/h1-6H,(H,17,18). The minimum Gasteiger partial charge on any atom is -0.476 e. The topological polar surface area (TPSA) is 64.3 Å². The van der Waals surface area contributed by atoms with Crippen LogP contribution in [0.2, 0.25) is 0 Å². The van der Waals surface area contributed by atoms with Gasteiger partial charge in [0, 0.05) is 6.20 Å². The first kappa shape index (κ1) is 12.9. The molecule has 0 unspecified atom stereocenters. The highest BCUT2D eigenvalue weighted by atomic mass is 19.4. The Balaban J connectivity index is 2.41. The van der Waals surface area contributed by atoms with Crippen molar-refractivity contribution < 1.29 is 27.8 Å². The van der Waals surface area contributed by atoms with Gasteiger partial charge in [-0.2, -0.15) is 0 Å². The van der Waals surface area contributed by atoms with E-state index in [9.17, 15) is 18.0 Å². The average molecular weight is 272 g/mol. The van der Waals surface area contributed by atoms with E-state index in [-0.39, 0.29) is 11.4 Å². The highest BCUT2D eigenvalue weighted by Gasteiger charge is 2.32. The third-order valence-corrected chi connectivity index (χ3v) is 2.17. The Labute approximate surface area is 104 Å². The number of hydrogen-bond donors (Lipinski definition) is 1. The minimum absolute atomic E-state index is 0.0415. The number of rotatable bonds is 3. The van der Waals surface area contributed by atoms with E-state index < -0.39 is 18.1 Å². The van der Waals surface area contributed by atoms with Crippen LogP contribution in [0.5, 0.6) is 5.75 Å². The predicted octanol–water partition coefficient (Wildman–Crippen LogP) is 2.47. The number of carboxylic acids is 1. The molecule has 0 amide bonds. The maximum atomic E-state index is 12.2. The Morgan fingerprint density at radius 2 is 2.00 bits per heavy atom. The summed E-state index contributed by atoms with van der Waals surface area (Å²) >= 11 is 0. The monoisotopic (exact) mass is 272 g/mol. The summed E-state index contributed by atoms with van der Waals surface area (Å²) in [5.74, 6) is -1.71. The molecule has 1 aromatic heterocycles. The number of aromatic nitrogens is 2. The van der Waals surface area contributed by atoms with E-state index in [4.69, 9.17) is 5.11 Å². The Morgan fingerprint density at radius 3 is 2.58 bits per heavy atom. The highest BCUT2D eigenvalue weighted by Crippen LogP contribution is 2.28. The van der Waals surface area contributed by atoms with Crippen LogP contribution in [0.1, 0.15) is 10.5 Å². The zero-order valence-electron chi connectivity index (χ0n) is 9.26. The summed E-state index contributed by atoms with van der Waals surface area (Å²) in [4.78, 5) is 14.2. The summed E-state index contributed by atoms with van der Waals surface area (Å²) in [7, 11) is 0. The summed E-state index contributed by atoms with van der Waals surface area (Å²) in [5, 5.41) is 8.71. The number of nitrogens with zero attached hydrogens (tertiary/aromatic N) is 2. The van der Waals surface area contributed by atoms with E-state index >= 15 is 0 Å². The molecule has 0 bridgehead atoms. The second-order valence-corrected chi connectivity index (χ2v) is 3.49. The first-order chi connectivity index (χ1) is 8.87. The van der Waals surface area contributed by atoms with Crippen molar-refractivity contribution >= 4 is 5.97 Å². The molecule has 0 atom stereocenters. The van der Waals surface area contributed by atoms with Crippen molar-refractivity contribution in [1.82, 2.24) is 9.55 Å². The largest absolute Gasteiger partial charge is 0.573 e. The van der Waals surface area contributed by atoms with Crippen LogP contribution in [0.25, 0.3) is 5.69 Å². The quantitative estimate of drug-likeness (QED) is 0.932. The van der Waals surface area contributed by atoms with E-state index in [0.29, 0.717) is 0 Å². The van der Waals surface area contributed by atoms with Gasteiger partial charge < -0.3 is 14.4 Å². The van der Waals surface area contributed by atoms with Crippen LogP contribution < -0.4 is 4.74 Å². The van der Waals surface area contributed by atoms with Gasteiger partial charge in [0.05, 0.1) is 5.69 Å². The lowest BCUT2D eigenvalue weighted by Crippen LogP contribution is -2.18. The van der Waals surface area contributed by atoms with Gasteiger partial charge in [0.1, 0.15) is 6.33 Å². The van der Waals surface area contributed by atoms with E-state index in [1.165, 1.54) is 18.2 Å². The fraction of sp³-hybridized carbons (Fsp3) is 0.0909. The number of hydrogen-bond acceptors (Lipinski definition) is 3. The molecule has 8 heteroatoms. The third-order valence-electron chi connectivity index (χ3n) is 2.17. The molecule has 2 rings (SSSR count). The highest BCUT2D eigenvalue weighted by molar-refractivity contribution is 5.85. The molecule has 5 nitrogen and oxygen atoms in total. The van der Waals surface area contributed by atoms with Crippen LogP contribution in [0.4, 0.5) is 13.2 Å². The molecule has 100 valence electrons. The molecule has 2 aromatic rings. The number of halogens is 3. The molecule has 0 fully saturated rings. The molecule has 0 spiro atoms. The van der Waals surface area contributed by atoms with Gasteiger partial charge in [0.25, 0.3) is 0 Å². The maximum absolute atomic E-state index is 12.2. The van der Waals surface area contributed by atoms with E-state index in [1.807, 2.05) is 0 Å². The lowest BCUT2D eigenvalue weighted by atomic mass is 10.3. The second-order valence-electron chi connectivity index (χ2n) is 3.49. The zero-order valence-corrected chi connectivity index (χ0v) is 9.26. The third kappa shape index (κ3) is 3.03. The van der Waals surface area contributed by atoms with Gasteiger partial charge in [0.15, 0.2) is 11.4 Å². The first-order valence-corrected chi connectivity index (χ1v) is 4.99. The normalized spacial score (nSPS) is 11.3. The predicted molar refractivity (Wildman–Crippen MR) is 57.2 cm³/mol. The van der Waals surface area contributed by atoms with Crippen molar-refractivity contribution in [3.8, 4) is 11.4 Å². The first-order valence-electron chi connectivity index (χ1n) is 4.99. The lowest BCUT2D eigenvalue weighted by molar-refractivity contribution is -0.274.